The van der Waals surface area contributed by atoms with Crippen molar-refractivity contribution in [2.45, 2.75) is 115 Å². The van der Waals surface area contributed by atoms with Crippen molar-refractivity contribution in [2.24, 2.45) is 0 Å². The van der Waals surface area contributed by atoms with Crippen LogP contribution in [0.5, 0.6) is 0 Å². The van der Waals surface area contributed by atoms with Crippen LogP contribution < -0.4 is 0 Å². The maximum atomic E-state index is 13.2. The molecule has 0 fully saturated rings. The van der Waals surface area contributed by atoms with E-state index in [1.807, 2.05) is 0 Å². The molecular weight excluding hydrogens is 444 g/mol. The standard InChI is InChI=1S/C29H44O2S2/c1-4-7-9-11-12-13-14-15-16-18-21-31-29(30)26-23(6-3)27(32)28-25(20-22-33-28)24(26)19-17-10-8-5-2/h6,20,22,32H,3-5,7-19,21H2,1-2H3. The molecule has 0 aliphatic heterocycles. The Morgan fingerprint density at radius 3 is 2.12 bits per heavy atom. The Hall–Kier alpha value is -1.26. The van der Waals surface area contributed by atoms with E-state index in [4.69, 9.17) is 17.4 Å². The van der Waals surface area contributed by atoms with Gasteiger partial charge < -0.3 is 4.74 Å². The van der Waals surface area contributed by atoms with Crippen LogP contribution in [0, 0.1) is 0 Å². The second-order valence-corrected chi connectivity index (χ2v) is 10.5. The topological polar surface area (TPSA) is 26.3 Å². The summed E-state index contributed by atoms with van der Waals surface area (Å²) in [4.78, 5) is 14.1. The Bertz CT molecular complexity index is 853. The highest BCUT2D eigenvalue weighted by Crippen LogP contribution is 2.38. The van der Waals surface area contributed by atoms with Crippen LogP contribution in [0.15, 0.2) is 22.9 Å². The molecule has 184 valence electrons. The summed E-state index contributed by atoms with van der Waals surface area (Å²) in [6.07, 6.45) is 20.1. The van der Waals surface area contributed by atoms with Gasteiger partial charge in [-0.25, -0.2) is 4.79 Å². The van der Waals surface area contributed by atoms with Gasteiger partial charge in [0.25, 0.3) is 0 Å². The molecule has 4 heteroatoms. The number of fused-ring (bicyclic) bond motifs is 1. The van der Waals surface area contributed by atoms with E-state index in [0.29, 0.717) is 12.2 Å². The maximum Gasteiger partial charge on any atom is 0.339 e. The first kappa shape index (κ1) is 28.0. The molecule has 0 radical (unpaired) electrons. The summed E-state index contributed by atoms with van der Waals surface area (Å²) in [5.74, 6) is -0.213. The predicted octanol–water partition coefficient (Wildman–Crippen LogP) is 10.0. The van der Waals surface area contributed by atoms with Crippen LogP contribution in [0.4, 0.5) is 0 Å². The molecule has 0 N–H and O–H groups in total. The summed E-state index contributed by atoms with van der Waals surface area (Å²) < 4.78 is 6.92. The molecule has 0 spiro atoms. The monoisotopic (exact) mass is 488 g/mol. The van der Waals surface area contributed by atoms with Gasteiger partial charge in [-0.2, -0.15) is 0 Å². The summed E-state index contributed by atoms with van der Waals surface area (Å²) in [6, 6.07) is 2.13. The lowest BCUT2D eigenvalue weighted by atomic mass is 9.93. The fourth-order valence-electron chi connectivity index (χ4n) is 4.51. The molecule has 0 bridgehead atoms. The van der Waals surface area contributed by atoms with Gasteiger partial charge in [0.15, 0.2) is 0 Å². The molecule has 2 aromatic rings. The zero-order valence-electron chi connectivity index (χ0n) is 20.9. The van der Waals surface area contributed by atoms with E-state index in [1.54, 1.807) is 17.4 Å². The minimum Gasteiger partial charge on any atom is -0.462 e. The van der Waals surface area contributed by atoms with Crippen molar-refractivity contribution in [1.29, 1.82) is 0 Å². The molecule has 0 saturated carbocycles. The van der Waals surface area contributed by atoms with Crippen LogP contribution in [0.3, 0.4) is 0 Å². The van der Waals surface area contributed by atoms with Gasteiger partial charge in [0.05, 0.1) is 12.2 Å². The van der Waals surface area contributed by atoms with Crippen molar-refractivity contribution in [1.82, 2.24) is 0 Å². The molecule has 2 rings (SSSR count). The molecule has 2 nitrogen and oxygen atoms in total. The molecule has 0 atom stereocenters. The second-order valence-electron chi connectivity index (χ2n) is 9.11. The van der Waals surface area contributed by atoms with Gasteiger partial charge >= 0.3 is 5.97 Å². The predicted molar refractivity (Wildman–Crippen MR) is 149 cm³/mol. The van der Waals surface area contributed by atoms with E-state index in [-0.39, 0.29) is 5.97 Å². The third kappa shape index (κ3) is 8.79. The molecule has 0 amide bonds. The zero-order chi connectivity index (χ0) is 23.9. The third-order valence-electron chi connectivity index (χ3n) is 6.45. The van der Waals surface area contributed by atoms with Gasteiger partial charge in [-0.05, 0) is 41.7 Å². The van der Waals surface area contributed by atoms with Gasteiger partial charge in [0.2, 0.25) is 0 Å². The molecule has 0 saturated heterocycles. The lowest BCUT2D eigenvalue weighted by molar-refractivity contribution is 0.0496. The highest BCUT2D eigenvalue weighted by molar-refractivity contribution is 7.80. The molecule has 0 aliphatic carbocycles. The van der Waals surface area contributed by atoms with Crippen molar-refractivity contribution in [3.8, 4) is 0 Å². The van der Waals surface area contributed by atoms with Crippen LogP contribution in [0.1, 0.15) is 125 Å². The maximum absolute atomic E-state index is 13.2. The van der Waals surface area contributed by atoms with Crippen LogP contribution >= 0.6 is 24.0 Å². The first-order valence-corrected chi connectivity index (χ1v) is 14.5. The quantitative estimate of drug-likeness (QED) is 0.128. The average molecular weight is 489 g/mol. The van der Waals surface area contributed by atoms with Crippen molar-refractivity contribution in [3.05, 3.63) is 34.7 Å². The van der Waals surface area contributed by atoms with Crippen molar-refractivity contribution in [2.75, 3.05) is 6.61 Å². The van der Waals surface area contributed by atoms with Gasteiger partial charge in [0, 0.05) is 15.2 Å². The first-order chi connectivity index (χ1) is 16.2. The van der Waals surface area contributed by atoms with E-state index >= 15 is 0 Å². The van der Waals surface area contributed by atoms with E-state index in [9.17, 15) is 4.79 Å². The number of hydrogen-bond acceptors (Lipinski definition) is 4. The molecule has 0 unspecified atom stereocenters. The fourth-order valence-corrected chi connectivity index (χ4v) is 5.88. The molecule has 33 heavy (non-hydrogen) atoms. The minimum absolute atomic E-state index is 0.213. The Balaban J connectivity index is 1.92. The van der Waals surface area contributed by atoms with E-state index in [0.717, 1.165) is 51.8 Å². The van der Waals surface area contributed by atoms with Crippen molar-refractivity contribution < 1.29 is 9.53 Å². The van der Waals surface area contributed by atoms with Gasteiger partial charge in [-0.1, -0.05) is 104 Å². The second kappa shape index (κ2) is 16.4. The number of carbonyl (C=O) groups is 1. The Labute approximate surface area is 211 Å². The molecule has 1 aromatic carbocycles. The number of rotatable bonds is 18. The summed E-state index contributed by atoms with van der Waals surface area (Å²) in [5, 5.41) is 3.24. The smallest absolute Gasteiger partial charge is 0.339 e. The number of hydrogen-bond donors (Lipinski definition) is 1. The summed E-state index contributed by atoms with van der Waals surface area (Å²) in [5.41, 5.74) is 2.62. The normalized spacial score (nSPS) is 11.2. The Morgan fingerprint density at radius 1 is 0.939 bits per heavy atom. The van der Waals surface area contributed by atoms with E-state index in [1.165, 1.54) is 70.6 Å². The largest absolute Gasteiger partial charge is 0.462 e. The number of esters is 1. The number of ether oxygens (including phenoxy) is 1. The van der Waals surface area contributed by atoms with Gasteiger partial charge in [-0.3, -0.25) is 0 Å². The average Bonchev–Trinajstić information content (AvgIpc) is 3.31. The summed E-state index contributed by atoms with van der Waals surface area (Å²) >= 11 is 6.44. The van der Waals surface area contributed by atoms with E-state index < -0.39 is 0 Å². The Morgan fingerprint density at radius 2 is 1.52 bits per heavy atom. The van der Waals surface area contributed by atoms with Crippen molar-refractivity contribution >= 4 is 46.1 Å². The van der Waals surface area contributed by atoms with Crippen molar-refractivity contribution in [3.63, 3.8) is 0 Å². The SMILES string of the molecule is C=Cc1c(C(=O)OCCCCCCCCCCCC)c(CCCCCC)c2ccsc2c1S. The fraction of sp³-hybridized carbons (Fsp3) is 0.621. The van der Waals surface area contributed by atoms with Crippen LogP contribution in [-0.4, -0.2) is 12.6 Å². The Kier molecular flexibility index (Phi) is 13.9. The first-order valence-electron chi connectivity index (χ1n) is 13.2. The molecule has 1 aromatic heterocycles. The van der Waals surface area contributed by atoms with E-state index in [2.05, 4.69) is 31.9 Å². The van der Waals surface area contributed by atoms with Gasteiger partial charge in [0.1, 0.15) is 0 Å². The number of thiophene rings is 1. The minimum atomic E-state index is -0.213. The third-order valence-corrected chi connectivity index (χ3v) is 8.00. The number of unbranched alkanes of at least 4 members (excludes halogenated alkanes) is 12. The van der Waals surface area contributed by atoms with Crippen LogP contribution in [-0.2, 0) is 11.2 Å². The lowest BCUT2D eigenvalue weighted by Crippen LogP contribution is -2.12. The summed E-state index contributed by atoms with van der Waals surface area (Å²) in [7, 11) is 0. The molecular formula is C29H44O2S2. The molecule has 0 aliphatic rings. The van der Waals surface area contributed by atoms with Crippen LogP contribution in [0.25, 0.3) is 16.2 Å². The highest BCUT2D eigenvalue weighted by atomic mass is 32.1. The number of carbonyl (C=O) groups excluding carboxylic acids is 1. The highest BCUT2D eigenvalue weighted by Gasteiger charge is 2.23. The number of aryl methyl sites for hydroxylation is 1. The zero-order valence-corrected chi connectivity index (χ0v) is 22.6. The number of thiol groups is 1. The van der Waals surface area contributed by atoms with Crippen LogP contribution in [0.2, 0.25) is 0 Å². The lowest BCUT2D eigenvalue weighted by Gasteiger charge is -2.16. The molecule has 1 heterocycles. The summed E-state index contributed by atoms with van der Waals surface area (Å²) in [6.45, 7) is 8.96. The van der Waals surface area contributed by atoms with Gasteiger partial charge in [-0.15, -0.1) is 24.0 Å². The number of benzene rings is 1.